The second kappa shape index (κ2) is 12.3. The van der Waals surface area contributed by atoms with Crippen LogP contribution in [-0.2, 0) is 32.4 Å². The number of aryl methyl sites for hydroxylation is 2. The van der Waals surface area contributed by atoms with E-state index in [2.05, 4.69) is 50.1 Å². The lowest BCUT2D eigenvalue weighted by Crippen LogP contribution is -2.65. The van der Waals surface area contributed by atoms with Gasteiger partial charge in [-0.05, 0) is 102 Å². The number of tetrazole rings is 1. The molecule has 0 bridgehead atoms. The van der Waals surface area contributed by atoms with Crippen molar-refractivity contribution in [3.05, 3.63) is 5.82 Å². The highest BCUT2D eigenvalue weighted by Gasteiger charge is 2.68. The molecule has 1 heterocycles. The normalized spacial score (nSPS) is 43.6. The molecule has 4 aliphatic rings. The van der Waals surface area contributed by atoms with E-state index < -0.39 is 0 Å². The maximum absolute atomic E-state index is 6.80. The number of hydrogen-bond acceptors (Lipinski definition) is 7. The van der Waals surface area contributed by atoms with Gasteiger partial charge in [-0.3, -0.25) is 0 Å². The summed E-state index contributed by atoms with van der Waals surface area (Å²) in [5.74, 6) is 5.92. The van der Waals surface area contributed by atoms with Gasteiger partial charge in [-0.25, -0.2) is 4.68 Å². The Morgan fingerprint density at radius 2 is 1.75 bits per heavy atom. The summed E-state index contributed by atoms with van der Waals surface area (Å²) in [6.45, 7) is 13.3. The highest BCUT2D eigenvalue weighted by atomic mass is 16.7. The summed E-state index contributed by atoms with van der Waals surface area (Å²) >= 11 is 0. The fraction of sp³-hybridized carbons (Fsp3) is 0.969. The first kappa shape index (κ1) is 30.4. The van der Waals surface area contributed by atoms with Gasteiger partial charge in [0.1, 0.15) is 13.6 Å². The molecular formula is C32H56N4O4. The number of hydrogen-bond donors (Lipinski definition) is 0. The first-order valence-corrected chi connectivity index (χ1v) is 16.1. The minimum absolute atomic E-state index is 0.0787. The minimum atomic E-state index is 0.0787. The fourth-order valence-electron chi connectivity index (χ4n) is 10.8. The molecule has 8 nitrogen and oxygen atoms in total. The smallest absolute Gasteiger partial charge is 0.150 e. The van der Waals surface area contributed by atoms with Crippen LogP contribution < -0.4 is 0 Å². The summed E-state index contributed by atoms with van der Waals surface area (Å²) in [6, 6.07) is 0. The van der Waals surface area contributed by atoms with Crippen molar-refractivity contribution in [3.8, 4) is 0 Å². The van der Waals surface area contributed by atoms with Crippen molar-refractivity contribution in [3.63, 3.8) is 0 Å². The summed E-state index contributed by atoms with van der Waals surface area (Å²) in [4.78, 5) is 0. The average molecular weight is 561 g/mol. The van der Waals surface area contributed by atoms with Gasteiger partial charge in [-0.1, -0.05) is 47.5 Å². The van der Waals surface area contributed by atoms with Gasteiger partial charge in [0.25, 0.3) is 0 Å². The summed E-state index contributed by atoms with van der Waals surface area (Å²) in [7, 11) is 5.47. The third-order valence-corrected chi connectivity index (χ3v) is 12.8. The molecule has 1 aromatic rings. The molecule has 1 aromatic heterocycles. The van der Waals surface area contributed by atoms with E-state index in [0.29, 0.717) is 60.4 Å². The monoisotopic (exact) mass is 560 g/mol. The van der Waals surface area contributed by atoms with Crippen molar-refractivity contribution < 1.29 is 18.9 Å². The van der Waals surface area contributed by atoms with E-state index in [9.17, 15) is 0 Å². The number of fused-ring (bicyclic) bond motifs is 5. The average Bonchev–Trinajstić information content (AvgIpc) is 3.52. The first-order chi connectivity index (χ1) is 19.2. The molecule has 228 valence electrons. The molecule has 4 aliphatic carbocycles. The Labute approximate surface area is 242 Å². The van der Waals surface area contributed by atoms with Gasteiger partial charge in [-0.2, -0.15) is 0 Å². The van der Waals surface area contributed by atoms with E-state index in [4.69, 9.17) is 18.9 Å². The molecule has 8 heteroatoms. The molecular weight excluding hydrogens is 504 g/mol. The molecule has 40 heavy (non-hydrogen) atoms. The summed E-state index contributed by atoms with van der Waals surface area (Å²) in [5.41, 5.74) is 0.415. The van der Waals surface area contributed by atoms with Crippen molar-refractivity contribution in [2.75, 3.05) is 27.8 Å². The fourth-order valence-corrected chi connectivity index (χ4v) is 10.8. The highest BCUT2D eigenvalue weighted by molar-refractivity contribution is 5.16. The van der Waals surface area contributed by atoms with Crippen molar-refractivity contribution >= 4 is 0 Å². The van der Waals surface area contributed by atoms with E-state index >= 15 is 0 Å². The summed E-state index contributed by atoms with van der Waals surface area (Å²) < 4.78 is 26.5. The molecule has 5 rings (SSSR count). The van der Waals surface area contributed by atoms with Gasteiger partial charge in [0, 0.05) is 33.1 Å². The topological polar surface area (TPSA) is 80.5 Å². The highest BCUT2D eigenvalue weighted by Crippen LogP contribution is 2.70. The lowest BCUT2D eigenvalue weighted by Gasteiger charge is -2.66. The maximum Gasteiger partial charge on any atom is 0.150 e. The van der Waals surface area contributed by atoms with E-state index in [0.717, 1.165) is 31.0 Å². The molecule has 0 N–H and O–H groups in total. The Bertz CT molecular complexity index is 974. The van der Waals surface area contributed by atoms with Crippen LogP contribution in [0.5, 0.6) is 0 Å². The van der Waals surface area contributed by atoms with Crippen LogP contribution in [0.15, 0.2) is 0 Å². The second-order valence-corrected chi connectivity index (χ2v) is 14.5. The number of nitrogens with zero attached hydrogens (tertiary/aromatic N) is 4. The predicted octanol–water partition coefficient (Wildman–Crippen LogP) is 5.91. The quantitative estimate of drug-likeness (QED) is 0.311. The molecule has 12 atom stereocenters. The largest absolute Gasteiger partial charge is 0.359 e. The Balaban J connectivity index is 1.50. The van der Waals surface area contributed by atoms with Crippen LogP contribution in [0.1, 0.15) is 91.8 Å². The zero-order valence-electron chi connectivity index (χ0n) is 26.5. The number of aromatic nitrogens is 4. The van der Waals surface area contributed by atoms with Crippen LogP contribution in [0.25, 0.3) is 0 Å². The van der Waals surface area contributed by atoms with E-state index in [1.807, 2.05) is 11.7 Å². The first-order valence-electron chi connectivity index (χ1n) is 16.1. The third-order valence-electron chi connectivity index (χ3n) is 12.8. The standard InChI is InChI=1S/C32H56N4O4/c1-9-22-25-16-20(2)14-15-31(25,4)26-17-27(39-18-37-7)32(5)23(21(3)10-13-28-33-34-35-36(28)6)11-12-24(32)29(26)30(22)40-19-38-8/h20-27,29-30H,9-19H2,1-8H3/t20-,21-,22-,23-,24?,25+,26?,27+,29?,30?,31+,32-/m1/s1. The van der Waals surface area contributed by atoms with Gasteiger partial charge in [0.15, 0.2) is 5.82 Å². The van der Waals surface area contributed by atoms with Crippen LogP contribution in [0.4, 0.5) is 0 Å². The Kier molecular flexibility index (Phi) is 9.31. The van der Waals surface area contributed by atoms with Crippen LogP contribution in [-0.4, -0.2) is 60.2 Å². The van der Waals surface area contributed by atoms with Crippen molar-refractivity contribution in [2.24, 2.45) is 65.2 Å². The zero-order chi connectivity index (χ0) is 28.7. The number of methoxy groups -OCH3 is 2. The van der Waals surface area contributed by atoms with E-state index in [-0.39, 0.29) is 17.6 Å². The van der Waals surface area contributed by atoms with Crippen molar-refractivity contribution in [2.45, 2.75) is 105 Å². The molecule has 0 saturated heterocycles. The molecule has 0 aromatic carbocycles. The molecule has 0 spiro atoms. The van der Waals surface area contributed by atoms with Gasteiger partial charge in [0.05, 0.1) is 12.2 Å². The van der Waals surface area contributed by atoms with Crippen LogP contribution in [0.2, 0.25) is 0 Å². The molecule has 0 radical (unpaired) electrons. The van der Waals surface area contributed by atoms with E-state index in [1.165, 1.54) is 38.5 Å². The third kappa shape index (κ3) is 5.07. The van der Waals surface area contributed by atoms with E-state index in [1.54, 1.807) is 14.2 Å². The second-order valence-electron chi connectivity index (χ2n) is 14.5. The van der Waals surface area contributed by atoms with Gasteiger partial charge < -0.3 is 18.9 Å². The lowest BCUT2D eigenvalue weighted by atomic mass is 9.40. The van der Waals surface area contributed by atoms with Gasteiger partial charge in [0.2, 0.25) is 0 Å². The summed E-state index contributed by atoms with van der Waals surface area (Å²) in [6.07, 6.45) is 11.3. The molecule has 0 aliphatic heterocycles. The minimum Gasteiger partial charge on any atom is -0.359 e. The predicted molar refractivity (Wildman–Crippen MR) is 154 cm³/mol. The number of rotatable bonds is 11. The Morgan fingerprint density at radius 1 is 1.00 bits per heavy atom. The molecule has 4 fully saturated rings. The Hall–Kier alpha value is -1.09. The Morgan fingerprint density at radius 3 is 2.42 bits per heavy atom. The molecule has 4 saturated carbocycles. The lowest BCUT2D eigenvalue weighted by molar-refractivity contribution is -0.262. The van der Waals surface area contributed by atoms with Crippen LogP contribution >= 0.6 is 0 Å². The van der Waals surface area contributed by atoms with Crippen LogP contribution in [0, 0.1) is 58.2 Å². The van der Waals surface area contributed by atoms with Crippen molar-refractivity contribution in [1.29, 1.82) is 0 Å². The van der Waals surface area contributed by atoms with Gasteiger partial charge in [-0.15, -0.1) is 5.10 Å². The van der Waals surface area contributed by atoms with Gasteiger partial charge >= 0.3 is 0 Å². The molecule has 4 unspecified atom stereocenters. The zero-order valence-corrected chi connectivity index (χ0v) is 26.5. The molecule has 0 amide bonds. The summed E-state index contributed by atoms with van der Waals surface area (Å²) in [5, 5.41) is 12.2. The number of ether oxygens (including phenoxy) is 4. The van der Waals surface area contributed by atoms with Crippen LogP contribution in [0.3, 0.4) is 0 Å². The van der Waals surface area contributed by atoms with Crippen molar-refractivity contribution in [1.82, 2.24) is 20.2 Å². The maximum atomic E-state index is 6.80. The SMILES string of the molecule is CC[C@H]1C(OCOC)C2C3CC[C@H]([C@H](C)CCc4nnnn4C)[C@@]3(C)[C@@H](OCOC)CC2[C@@]2(C)CC[C@@H](C)C[C@@H]12.